The summed E-state index contributed by atoms with van der Waals surface area (Å²) in [4.78, 5) is 24.9. The minimum Gasteiger partial charge on any atom is -0.383 e. The van der Waals surface area contributed by atoms with Gasteiger partial charge in [0.15, 0.2) is 0 Å². The second-order valence-corrected chi connectivity index (χ2v) is 5.15. The van der Waals surface area contributed by atoms with Gasteiger partial charge in [-0.2, -0.15) is 0 Å². The highest BCUT2D eigenvalue weighted by molar-refractivity contribution is 9.10. The fourth-order valence-electron chi connectivity index (χ4n) is 2.19. The fraction of sp³-hybridized carbons (Fsp3) is 0.385. The molecule has 1 aromatic carbocycles. The predicted molar refractivity (Wildman–Crippen MR) is 74.8 cm³/mol. The summed E-state index contributed by atoms with van der Waals surface area (Å²) in [5.41, 5.74) is 2.68. The smallest absolute Gasteiger partial charge is 0.233 e. The third-order valence-electron chi connectivity index (χ3n) is 2.97. The molecule has 5 heteroatoms. The zero-order chi connectivity index (χ0) is 13.3. The molecular formula is C13H15BrN2O2. The first kappa shape index (κ1) is 13.1. The number of hydrogen-bond donors (Lipinski definition) is 1. The van der Waals surface area contributed by atoms with Crippen molar-refractivity contribution in [2.24, 2.45) is 0 Å². The fourth-order valence-corrected chi connectivity index (χ4v) is 2.68. The lowest BCUT2D eigenvalue weighted by Gasteiger charge is -2.22. The summed E-state index contributed by atoms with van der Waals surface area (Å²) < 4.78 is 0.884. The lowest BCUT2D eigenvalue weighted by Crippen LogP contribution is -2.35. The number of rotatable bonds is 2. The van der Waals surface area contributed by atoms with Gasteiger partial charge < -0.3 is 5.32 Å². The number of hydrogen-bond acceptors (Lipinski definition) is 3. The molecule has 0 aromatic heterocycles. The molecule has 0 spiro atoms. The Balaban J connectivity index is 2.54. The van der Waals surface area contributed by atoms with Crippen LogP contribution in [0.3, 0.4) is 0 Å². The van der Waals surface area contributed by atoms with Gasteiger partial charge in [0.1, 0.15) is 0 Å². The van der Waals surface area contributed by atoms with E-state index in [9.17, 15) is 9.59 Å². The monoisotopic (exact) mass is 310 g/mol. The van der Waals surface area contributed by atoms with Gasteiger partial charge >= 0.3 is 0 Å². The average molecular weight is 311 g/mol. The topological polar surface area (TPSA) is 49.4 Å². The number of carbonyl (C=O) groups excluding carboxylic acids is 2. The van der Waals surface area contributed by atoms with E-state index in [1.165, 1.54) is 11.8 Å². The van der Waals surface area contributed by atoms with Gasteiger partial charge in [-0.25, -0.2) is 4.90 Å². The van der Waals surface area contributed by atoms with Crippen LogP contribution < -0.4 is 10.2 Å². The van der Waals surface area contributed by atoms with Crippen LogP contribution in [0.4, 0.5) is 11.4 Å². The Bertz CT molecular complexity index is 514. The Kier molecular flexibility index (Phi) is 3.71. The first-order valence-electron chi connectivity index (χ1n) is 5.94. The Labute approximate surface area is 114 Å². The highest BCUT2D eigenvalue weighted by Crippen LogP contribution is 2.37. The molecule has 2 amide bonds. The van der Waals surface area contributed by atoms with Crippen molar-refractivity contribution in [3.05, 3.63) is 22.2 Å². The maximum Gasteiger partial charge on any atom is 0.233 e. The molecule has 18 heavy (non-hydrogen) atoms. The molecule has 0 bridgehead atoms. The molecule has 4 nitrogen and oxygen atoms in total. The lowest BCUT2D eigenvalue weighted by molar-refractivity contribution is -0.125. The number of halogens is 1. The molecule has 1 N–H and O–H groups in total. The molecule has 1 aliphatic heterocycles. The molecular weight excluding hydrogens is 296 g/mol. The molecule has 96 valence electrons. The maximum absolute atomic E-state index is 11.9. The third-order valence-corrected chi connectivity index (χ3v) is 3.43. The third kappa shape index (κ3) is 2.27. The summed E-state index contributed by atoms with van der Waals surface area (Å²) >= 11 is 3.43. The number of anilines is 2. The molecule has 0 atom stereocenters. The predicted octanol–water partition coefficient (Wildman–Crippen LogP) is 2.71. The molecule has 0 saturated heterocycles. The number of fused-ring (bicyclic) bond motifs is 1. The van der Waals surface area contributed by atoms with Crippen LogP contribution in [0.2, 0.25) is 0 Å². The molecule has 0 fully saturated rings. The van der Waals surface area contributed by atoms with Gasteiger partial charge in [0, 0.05) is 24.4 Å². The van der Waals surface area contributed by atoms with E-state index in [0.717, 1.165) is 28.7 Å². The molecule has 1 heterocycles. The SMILES string of the molecule is CCC(=O)N(C(C)=O)c1cc(Br)cc2c1NCC2. The normalized spacial score (nSPS) is 12.8. The summed E-state index contributed by atoms with van der Waals surface area (Å²) in [6, 6.07) is 3.83. The van der Waals surface area contributed by atoms with Gasteiger partial charge in [-0.05, 0) is 24.1 Å². The van der Waals surface area contributed by atoms with Crippen LogP contribution in [0.1, 0.15) is 25.8 Å². The van der Waals surface area contributed by atoms with Gasteiger partial charge in [0.2, 0.25) is 11.8 Å². The van der Waals surface area contributed by atoms with Gasteiger partial charge in [0.05, 0.1) is 11.4 Å². The van der Waals surface area contributed by atoms with Crippen molar-refractivity contribution in [3.63, 3.8) is 0 Å². The highest BCUT2D eigenvalue weighted by Gasteiger charge is 2.25. The summed E-state index contributed by atoms with van der Waals surface area (Å²) in [6.45, 7) is 4.00. The van der Waals surface area contributed by atoms with Crippen molar-refractivity contribution >= 4 is 39.1 Å². The summed E-state index contributed by atoms with van der Waals surface area (Å²) in [5, 5.41) is 3.24. The number of benzene rings is 1. The van der Waals surface area contributed by atoms with Crippen LogP contribution in [-0.2, 0) is 16.0 Å². The van der Waals surface area contributed by atoms with Gasteiger partial charge in [0.25, 0.3) is 0 Å². The van der Waals surface area contributed by atoms with Gasteiger partial charge in [-0.3, -0.25) is 9.59 Å². The molecule has 0 radical (unpaired) electrons. The van der Waals surface area contributed by atoms with Crippen LogP contribution in [-0.4, -0.2) is 18.4 Å². The second kappa shape index (κ2) is 5.10. The molecule has 1 aromatic rings. The Morgan fingerprint density at radius 2 is 2.17 bits per heavy atom. The first-order valence-corrected chi connectivity index (χ1v) is 6.73. The van der Waals surface area contributed by atoms with E-state index in [-0.39, 0.29) is 11.8 Å². The molecule has 0 aliphatic carbocycles. The van der Waals surface area contributed by atoms with E-state index < -0.39 is 0 Å². The Morgan fingerprint density at radius 1 is 1.44 bits per heavy atom. The quantitative estimate of drug-likeness (QED) is 0.913. The molecule has 2 rings (SSSR count). The maximum atomic E-state index is 11.9. The highest BCUT2D eigenvalue weighted by atomic mass is 79.9. The van der Waals surface area contributed by atoms with Crippen molar-refractivity contribution in [2.45, 2.75) is 26.7 Å². The van der Waals surface area contributed by atoms with Crippen molar-refractivity contribution in [3.8, 4) is 0 Å². The average Bonchev–Trinajstić information content (AvgIpc) is 2.76. The minimum atomic E-state index is -0.254. The van der Waals surface area contributed by atoms with Crippen molar-refractivity contribution in [1.82, 2.24) is 0 Å². The zero-order valence-corrected chi connectivity index (χ0v) is 12.0. The first-order chi connectivity index (χ1) is 8.54. The standard InChI is InChI=1S/C13H15BrN2O2/c1-3-12(18)16(8(2)17)11-7-10(14)6-9-4-5-15-13(9)11/h6-7,15H,3-5H2,1-2H3. The van der Waals surface area contributed by atoms with E-state index in [4.69, 9.17) is 0 Å². The van der Waals surface area contributed by atoms with Crippen molar-refractivity contribution < 1.29 is 9.59 Å². The summed E-state index contributed by atoms with van der Waals surface area (Å²) in [7, 11) is 0. The van der Waals surface area contributed by atoms with Crippen LogP contribution in [0.25, 0.3) is 0 Å². The van der Waals surface area contributed by atoms with Crippen LogP contribution >= 0.6 is 15.9 Å². The lowest BCUT2D eigenvalue weighted by atomic mass is 10.1. The van der Waals surface area contributed by atoms with Gasteiger partial charge in [-0.15, -0.1) is 0 Å². The molecule has 0 unspecified atom stereocenters. The number of carbonyl (C=O) groups is 2. The van der Waals surface area contributed by atoms with E-state index in [0.29, 0.717) is 12.1 Å². The van der Waals surface area contributed by atoms with Gasteiger partial charge in [-0.1, -0.05) is 22.9 Å². The van der Waals surface area contributed by atoms with E-state index in [1.54, 1.807) is 6.92 Å². The Morgan fingerprint density at radius 3 is 2.78 bits per heavy atom. The number of amides is 2. The van der Waals surface area contributed by atoms with E-state index in [1.807, 2.05) is 12.1 Å². The minimum absolute atomic E-state index is 0.184. The number of nitrogens with one attached hydrogen (secondary N) is 1. The zero-order valence-electron chi connectivity index (χ0n) is 10.4. The number of nitrogens with zero attached hydrogens (tertiary/aromatic N) is 1. The van der Waals surface area contributed by atoms with Crippen molar-refractivity contribution in [2.75, 3.05) is 16.8 Å². The number of imide groups is 1. The summed E-state index contributed by atoms with van der Waals surface area (Å²) in [6.07, 6.45) is 1.22. The largest absolute Gasteiger partial charge is 0.383 e. The molecule has 0 saturated carbocycles. The van der Waals surface area contributed by atoms with E-state index in [2.05, 4.69) is 21.2 Å². The van der Waals surface area contributed by atoms with Crippen molar-refractivity contribution in [1.29, 1.82) is 0 Å². The second-order valence-electron chi connectivity index (χ2n) is 4.24. The summed E-state index contributed by atoms with van der Waals surface area (Å²) in [5.74, 6) is -0.438. The van der Waals surface area contributed by atoms with Crippen LogP contribution in [0.5, 0.6) is 0 Å². The van der Waals surface area contributed by atoms with Crippen LogP contribution in [0, 0.1) is 0 Å². The molecule has 1 aliphatic rings. The van der Waals surface area contributed by atoms with Crippen LogP contribution in [0.15, 0.2) is 16.6 Å². The Hall–Kier alpha value is -1.36. The van der Waals surface area contributed by atoms with E-state index >= 15 is 0 Å².